The lowest BCUT2D eigenvalue weighted by atomic mass is 9.89. The maximum Gasteiger partial charge on any atom is 0.0936 e. The molecule has 0 spiro atoms. The van der Waals surface area contributed by atoms with Crippen LogP contribution in [0.1, 0.15) is 19.3 Å². The fraction of sp³-hybridized carbons (Fsp3) is 0.900. The Morgan fingerprint density at radius 2 is 1.23 bits per heavy atom. The maximum absolute atomic E-state index is 5.46. The Balaban J connectivity index is 1.15. The molecule has 146 valence electrons. The van der Waals surface area contributed by atoms with Crippen molar-refractivity contribution >= 4 is 0 Å². The monoisotopic (exact) mass is 364 g/mol. The molecule has 0 bridgehead atoms. The van der Waals surface area contributed by atoms with Crippen molar-refractivity contribution < 1.29 is 18.9 Å². The van der Waals surface area contributed by atoms with Crippen molar-refractivity contribution in [3.8, 4) is 0 Å². The molecule has 5 rings (SSSR count). The van der Waals surface area contributed by atoms with Crippen molar-refractivity contribution in [2.75, 3.05) is 65.7 Å². The lowest BCUT2D eigenvalue weighted by Crippen LogP contribution is -2.37. The zero-order valence-electron chi connectivity index (χ0n) is 15.7. The van der Waals surface area contributed by atoms with Crippen LogP contribution in [0.4, 0.5) is 0 Å². The highest BCUT2D eigenvalue weighted by atomic mass is 16.6. The standard InChI is InChI=1S/C20H32N2O4/c1-2-15(5-21(7-17-11-23-17)8-18-12-24-18)4-16(3-1)6-22(9-19-13-25-19)10-20-14-26-20/h4,15,17-20H,1-3,5-14H2. The second-order valence-electron chi connectivity index (χ2n) is 8.71. The molecule has 5 aliphatic rings. The highest BCUT2D eigenvalue weighted by molar-refractivity contribution is 5.11. The predicted octanol–water partition coefficient (Wildman–Crippen LogP) is 0.912. The van der Waals surface area contributed by atoms with Crippen LogP contribution in [0.2, 0.25) is 0 Å². The maximum atomic E-state index is 5.46. The minimum Gasteiger partial charge on any atom is -0.372 e. The second-order valence-corrected chi connectivity index (χ2v) is 8.71. The quantitative estimate of drug-likeness (QED) is 0.379. The highest BCUT2D eigenvalue weighted by Crippen LogP contribution is 2.27. The predicted molar refractivity (Wildman–Crippen MR) is 97.3 cm³/mol. The largest absolute Gasteiger partial charge is 0.372 e. The van der Waals surface area contributed by atoms with Gasteiger partial charge in [-0.15, -0.1) is 0 Å². The van der Waals surface area contributed by atoms with Gasteiger partial charge in [-0.3, -0.25) is 9.80 Å². The highest BCUT2D eigenvalue weighted by Gasteiger charge is 2.33. The summed E-state index contributed by atoms with van der Waals surface area (Å²) in [5.74, 6) is 0.674. The van der Waals surface area contributed by atoms with Crippen LogP contribution in [-0.2, 0) is 18.9 Å². The van der Waals surface area contributed by atoms with E-state index in [0.29, 0.717) is 30.3 Å². The molecule has 5 unspecified atom stereocenters. The van der Waals surface area contributed by atoms with E-state index in [9.17, 15) is 0 Å². The first-order chi connectivity index (χ1) is 12.8. The molecule has 6 heteroatoms. The van der Waals surface area contributed by atoms with Gasteiger partial charge in [0.1, 0.15) is 0 Å². The number of hydrogen-bond acceptors (Lipinski definition) is 6. The minimum absolute atomic E-state index is 0.460. The first-order valence-electron chi connectivity index (χ1n) is 10.4. The second kappa shape index (κ2) is 7.86. The van der Waals surface area contributed by atoms with Crippen LogP contribution in [0, 0.1) is 5.92 Å². The van der Waals surface area contributed by atoms with Gasteiger partial charge in [-0.25, -0.2) is 0 Å². The van der Waals surface area contributed by atoms with Gasteiger partial charge >= 0.3 is 0 Å². The van der Waals surface area contributed by atoms with E-state index in [1.807, 2.05) is 0 Å². The number of ether oxygens (including phenoxy) is 4. The summed E-state index contributed by atoms with van der Waals surface area (Å²) in [7, 11) is 0. The fourth-order valence-electron chi connectivity index (χ4n) is 4.26. The smallest absolute Gasteiger partial charge is 0.0936 e. The summed E-state index contributed by atoms with van der Waals surface area (Å²) in [6, 6.07) is 0. The molecule has 6 nitrogen and oxygen atoms in total. The normalized spacial score (nSPS) is 37.8. The summed E-state index contributed by atoms with van der Waals surface area (Å²) in [5.41, 5.74) is 1.62. The molecule has 1 aliphatic carbocycles. The molecule has 4 fully saturated rings. The van der Waals surface area contributed by atoms with E-state index in [2.05, 4.69) is 15.9 Å². The van der Waals surface area contributed by atoms with Gasteiger partial charge in [-0.1, -0.05) is 11.6 Å². The Hall–Kier alpha value is -0.500. The van der Waals surface area contributed by atoms with Gasteiger partial charge in [0.05, 0.1) is 50.8 Å². The number of epoxide rings is 4. The van der Waals surface area contributed by atoms with Gasteiger partial charge in [0, 0.05) is 39.3 Å². The number of hydrogen-bond donors (Lipinski definition) is 0. The van der Waals surface area contributed by atoms with Crippen molar-refractivity contribution in [1.82, 2.24) is 9.80 Å². The van der Waals surface area contributed by atoms with Crippen molar-refractivity contribution in [3.05, 3.63) is 11.6 Å². The molecular weight excluding hydrogens is 332 g/mol. The summed E-state index contributed by atoms with van der Waals surface area (Å²) < 4.78 is 21.8. The average Bonchev–Trinajstić information content (AvgIpc) is 3.40. The summed E-state index contributed by atoms with van der Waals surface area (Å²) in [6.45, 7) is 10.3. The van der Waals surface area contributed by atoms with Gasteiger partial charge in [-0.05, 0) is 25.2 Å². The molecule has 0 aromatic heterocycles. The van der Waals surface area contributed by atoms with E-state index in [1.165, 1.54) is 19.3 Å². The van der Waals surface area contributed by atoms with Crippen molar-refractivity contribution in [2.24, 2.45) is 5.92 Å². The first kappa shape index (κ1) is 17.6. The van der Waals surface area contributed by atoms with Crippen LogP contribution >= 0.6 is 0 Å². The summed E-state index contributed by atoms with van der Waals surface area (Å²) in [6.07, 6.45) is 8.31. The van der Waals surface area contributed by atoms with E-state index in [1.54, 1.807) is 5.57 Å². The Bertz CT molecular complexity index is 484. The van der Waals surface area contributed by atoms with E-state index in [0.717, 1.165) is 65.7 Å². The molecule has 0 aromatic rings. The van der Waals surface area contributed by atoms with Crippen LogP contribution in [0.5, 0.6) is 0 Å². The summed E-state index contributed by atoms with van der Waals surface area (Å²) >= 11 is 0. The Kier molecular flexibility index (Phi) is 5.31. The van der Waals surface area contributed by atoms with E-state index in [-0.39, 0.29) is 0 Å². The molecule has 4 saturated heterocycles. The summed E-state index contributed by atoms with van der Waals surface area (Å²) in [4.78, 5) is 5.13. The van der Waals surface area contributed by atoms with Crippen LogP contribution < -0.4 is 0 Å². The zero-order chi connectivity index (χ0) is 17.3. The molecule has 0 N–H and O–H groups in total. The van der Waals surface area contributed by atoms with Crippen LogP contribution in [0.25, 0.3) is 0 Å². The van der Waals surface area contributed by atoms with Gasteiger partial charge in [0.2, 0.25) is 0 Å². The topological polar surface area (TPSA) is 56.6 Å². The number of rotatable bonds is 12. The fourth-order valence-corrected chi connectivity index (χ4v) is 4.26. The van der Waals surface area contributed by atoms with Crippen LogP contribution in [0.3, 0.4) is 0 Å². The third kappa shape index (κ3) is 5.75. The van der Waals surface area contributed by atoms with Crippen LogP contribution in [0.15, 0.2) is 11.6 Å². The van der Waals surface area contributed by atoms with Gasteiger partial charge in [-0.2, -0.15) is 0 Å². The third-order valence-corrected chi connectivity index (χ3v) is 5.92. The van der Waals surface area contributed by atoms with Crippen molar-refractivity contribution in [3.63, 3.8) is 0 Å². The number of nitrogens with zero attached hydrogens (tertiary/aromatic N) is 2. The molecule has 26 heavy (non-hydrogen) atoms. The third-order valence-electron chi connectivity index (χ3n) is 5.92. The van der Waals surface area contributed by atoms with E-state index in [4.69, 9.17) is 18.9 Å². The van der Waals surface area contributed by atoms with Gasteiger partial charge in [0.25, 0.3) is 0 Å². The molecule has 4 heterocycles. The average molecular weight is 364 g/mol. The Labute approximate surface area is 156 Å². The molecule has 0 saturated carbocycles. The van der Waals surface area contributed by atoms with E-state index < -0.39 is 0 Å². The Morgan fingerprint density at radius 3 is 1.73 bits per heavy atom. The SMILES string of the molecule is C1=C(CN(CC2CO2)CC2CO2)CCCC1CN(CC1CO1)CC1CO1. The molecule has 0 radical (unpaired) electrons. The minimum atomic E-state index is 0.460. The molecule has 5 atom stereocenters. The molecule has 0 aromatic carbocycles. The molecule has 0 amide bonds. The van der Waals surface area contributed by atoms with E-state index >= 15 is 0 Å². The molecule has 4 aliphatic heterocycles. The Morgan fingerprint density at radius 1 is 0.731 bits per heavy atom. The van der Waals surface area contributed by atoms with Crippen molar-refractivity contribution in [1.29, 1.82) is 0 Å². The zero-order valence-corrected chi connectivity index (χ0v) is 15.7. The lowest BCUT2D eigenvalue weighted by molar-refractivity contribution is 0.195. The van der Waals surface area contributed by atoms with Gasteiger partial charge < -0.3 is 18.9 Å². The first-order valence-corrected chi connectivity index (χ1v) is 10.4. The lowest BCUT2D eigenvalue weighted by Gasteiger charge is -2.30. The molecular formula is C20H32N2O4. The van der Waals surface area contributed by atoms with Gasteiger partial charge in [0.15, 0.2) is 0 Å². The van der Waals surface area contributed by atoms with Crippen LogP contribution in [-0.4, -0.2) is 99.9 Å². The van der Waals surface area contributed by atoms with Crippen molar-refractivity contribution in [2.45, 2.75) is 43.7 Å². The summed E-state index contributed by atoms with van der Waals surface area (Å²) in [5, 5.41) is 0.